The van der Waals surface area contributed by atoms with E-state index < -0.39 is 5.97 Å². The summed E-state index contributed by atoms with van der Waals surface area (Å²) >= 11 is 0. The number of aromatic nitrogens is 1. The standard InChI is InChI=1S/C13H13NO2/c1-9-11(13(15)16)8-12(14(9)2)10-6-4-3-5-7-10/h3-8H,1-2H3,(H,15,16)/p-1. The Morgan fingerprint density at radius 3 is 2.38 bits per heavy atom. The van der Waals surface area contributed by atoms with Crippen LogP contribution in [0.25, 0.3) is 11.3 Å². The molecule has 1 aromatic carbocycles. The fourth-order valence-corrected chi connectivity index (χ4v) is 1.79. The molecule has 0 bridgehead atoms. The van der Waals surface area contributed by atoms with Gasteiger partial charge < -0.3 is 14.5 Å². The highest BCUT2D eigenvalue weighted by molar-refractivity contribution is 5.89. The van der Waals surface area contributed by atoms with E-state index in [1.54, 1.807) is 13.0 Å². The van der Waals surface area contributed by atoms with Gasteiger partial charge in [-0.15, -0.1) is 0 Å². The van der Waals surface area contributed by atoms with E-state index >= 15 is 0 Å². The molecule has 0 aliphatic rings. The summed E-state index contributed by atoms with van der Waals surface area (Å²) in [5.74, 6) is -1.13. The minimum atomic E-state index is -1.13. The second kappa shape index (κ2) is 3.85. The van der Waals surface area contributed by atoms with Crippen molar-refractivity contribution < 1.29 is 9.90 Å². The van der Waals surface area contributed by atoms with E-state index in [-0.39, 0.29) is 5.56 Å². The van der Waals surface area contributed by atoms with Crippen LogP contribution in [0.5, 0.6) is 0 Å². The molecular formula is C13H12NO2-. The summed E-state index contributed by atoms with van der Waals surface area (Å²) in [6.07, 6.45) is 0. The van der Waals surface area contributed by atoms with Crippen LogP contribution in [0, 0.1) is 6.92 Å². The molecule has 0 N–H and O–H groups in total. The van der Waals surface area contributed by atoms with Gasteiger partial charge in [-0.25, -0.2) is 0 Å². The highest BCUT2D eigenvalue weighted by Crippen LogP contribution is 2.24. The first-order valence-corrected chi connectivity index (χ1v) is 5.04. The van der Waals surface area contributed by atoms with Crippen LogP contribution in [-0.2, 0) is 7.05 Å². The summed E-state index contributed by atoms with van der Waals surface area (Å²) < 4.78 is 1.86. The van der Waals surface area contributed by atoms with Gasteiger partial charge in [0.15, 0.2) is 0 Å². The molecule has 0 radical (unpaired) electrons. The minimum Gasteiger partial charge on any atom is -0.545 e. The van der Waals surface area contributed by atoms with Gasteiger partial charge in [0, 0.05) is 24.0 Å². The third kappa shape index (κ3) is 1.60. The van der Waals surface area contributed by atoms with Crippen molar-refractivity contribution in [1.29, 1.82) is 0 Å². The van der Waals surface area contributed by atoms with Crippen molar-refractivity contribution in [2.45, 2.75) is 6.92 Å². The molecule has 0 fully saturated rings. The number of carbonyl (C=O) groups excluding carboxylic acids is 1. The molecule has 0 saturated heterocycles. The van der Waals surface area contributed by atoms with Crippen LogP contribution in [0.3, 0.4) is 0 Å². The van der Waals surface area contributed by atoms with Gasteiger partial charge in [-0.05, 0) is 18.6 Å². The van der Waals surface area contributed by atoms with Crippen LogP contribution >= 0.6 is 0 Å². The number of aromatic carboxylic acids is 1. The van der Waals surface area contributed by atoms with E-state index in [2.05, 4.69) is 0 Å². The molecule has 2 aromatic rings. The Kier molecular flexibility index (Phi) is 2.52. The zero-order valence-corrected chi connectivity index (χ0v) is 9.23. The van der Waals surface area contributed by atoms with Crippen LogP contribution in [0.4, 0.5) is 0 Å². The lowest BCUT2D eigenvalue weighted by molar-refractivity contribution is -0.255. The molecule has 0 aliphatic carbocycles. The van der Waals surface area contributed by atoms with Gasteiger partial charge in [0.25, 0.3) is 0 Å². The van der Waals surface area contributed by atoms with Gasteiger partial charge >= 0.3 is 0 Å². The molecule has 3 heteroatoms. The van der Waals surface area contributed by atoms with Crippen LogP contribution in [-0.4, -0.2) is 10.5 Å². The van der Waals surface area contributed by atoms with Gasteiger partial charge in [0.05, 0.1) is 5.97 Å². The SMILES string of the molecule is Cc1c(C(=O)[O-])cc(-c2ccccc2)n1C. The van der Waals surface area contributed by atoms with Gasteiger partial charge in [-0.1, -0.05) is 30.3 Å². The fourth-order valence-electron chi connectivity index (χ4n) is 1.79. The van der Waals surface area contributed by atoms with Gasteiger partial charge in [0.1, 0.15) is 0 Å². The lowest BCUT2D eigenvalue weighted by Gasteiger charge is -2.05. The van der Waals surface area contributed by atoms with Crippen molar-refractivity contribution in [3.8, 4) is 11.3 Å². The summed E-state index contributed by atoms with van der Waals surface area (Å²) in [4.78, 5) is 10.9. The van der Waals surface area contributed by atoms with E-state index in [1.807, 2.05) is 41.9 Å². The zero-order chi connectivity index (χ0) is 11.7. The van der Waals surface area contributed by atoms with E-state index in [9.17, 15) is 9.90 Å². The molecule has 0 unspecified atom stereocenters. The van der Waals surface area contributed by atoms with Crippen molar-refractivity contribution in [3.63, 3.8) is 0 Å². The third-order valence-electron chi connectivity index (χ3n) is 2.82. The average molecular weight is 214 g/mol. The second-order valence-electron chi connectivity index (χ2n) is 3.74. The van der Waals surface area contributed by atoms with Crippen LogP contribution in [0.1, 0.15) is 16.1 Å². The Morgan fingerprint density at radius 1 is 1.25 bits per heavy atom. The Bertz CT molecular complexity index is 526. The van der Waals surface area contributed by atoms with E-state index in [1.165, 1.54) is 0 Å². The zero-order valence-electron chi connectivity index (χ0n) is 9.23. The molecule has 0 amide bonds. The number of carboxylic acid groups (broad SMARTS) is 1. The molecule has 0 spiro atoms. The van der Waals surface area contributed by atoms with E-state index in [0.29, 0.717) is 5.69 Å². The number of carboxylic acids is 1. The Labute approximate surface area is 94.0 Å². The first kappa shape index (κ1) is 10.5. The quantitative estimate of drug-likeness (QED) is 0.757. The highest BCUT2D eigenvalue weighted by Gasteiger charge is 2.10. The summed E-state index contributed by atoms with van der Waals surface area (Å²) in [5, 5.41) is 10.9. The topological polar surface area (TPSA) is 45.1 Å². The maximum absolute atomic E-state index is 10.9. The molecule has 16 heavy (non-hydrogen) atoms. The molecule has 1 heterocycles. The van der Waals surface area contributed by atoms with Crippen molar-refractivity contribution >= 4 is 5.97 Å². The summed E-state index contributed by atoms with van der Waals surface area (Å²) in [7, 11) is 1.85. The first-order valence-electron chi connectivity index (χ1n) is 5.04. The summed E-state index contributed by atoms with van der Waals surface area (Å²) in [6, 6.07) is 11.3. The van der Waals surface area contributed by atoms with E-state index in [4.69, 9.17) is 0 Å². The number of nitrogens with zero attached hydrogens (tertiary/aromatic N) is 1. The van der Waals surface area contributed by atoms with Gasteiger partial charge in [-0.2, -0.15) is 0 Å². The number of hydrogen-bond donors (Lipinski definition) is 0. The summed E-state index contributed by atoms with van der Waals surface area (Å²) in [6.45, 7) is 1.78. The van der Waals surface area contributed by atoms with Crippen molar-refractivity contribution in [2.75, 3.05) is 0 Å². The van der Waals surface area contributed by atoms with Crippen molar-refractivity contribution in [2.24, 2.45) is 7.05 Å². The predicted molar refractivity (Wildman–Crippen MR) is 59.9 cm³/mol. The second-order valence-corrected chi connectivity index (χ2v) is 3.74. The number of rotatable bonds is 2. The normalized spacial score (nSPS) is 10.4. The molecule has 1 aromatic heterocycles. The largest absolute Gasteiger partial charge is 0.545 e. The predicted octanol–water partition coefficient (Wildman–Crippen LogP) is 1.36. The minimum absolute atomic E-state index is 0.251. The van der Waals surface area contributed by atoms with Crippen molar-refractivity contribution in [3.05, 3.63) is 47.7 Å². The summed E-state index contributed by atoms with van der Waals surface area (Å²) in [5.41, 5.74) is 2.85. The number of carbonyl (C=O) groups is 1. The van der Waals surface area contributed by atoms with Gasteiger partial charge in [-0.3, -0.25) is 0 Å². The number of hydrogen-bond acceptors (Lipinski definition) is 2. The molecular weight excluding hydrogens is 202 g/mol. The van der Waals surface area contributed by atoms with Gasteiger partial charge in [0.2, 0.25) is 0 Å². The van der Waals surface area contributed by atoms with Crippen LogP contribution in [0.15, 0.2) is 36.4 Å². The molecule has 82 valence electrons. The Morgan fingerprint density at radius 2 is 1.88 bits per heavy atom. The monoisotopic (exact) mass is 214 g/mol. The number of benzene rings is 1. The Hall–Kier alpha value is -2.03. The smallest absolute Gasteiger partial charge is 0.0733 e. The highest BCUT2D eigenvalue weighted by atomic mass is 16.4. The molecule has 0 atom stereocenters. The fraction of sp³-hybridized carbons (Fsp3) is 0.154. The molecule has 3 nitrogen and oxygen atoms in total. The lowest BCUT2D eigenvalue weighted by Crippen LogP contribution is -2.22. The van der Waals surface area contributed by atoms with E-state index in [0.717, 1.165) is 11.3 Å². The van der Waals surface area contributed by atoms with Crippen LogP contribution in [0.2, 0.25) is 0 Å². The average Bonchev–Trinajstić information content (AvgIpc) is 2.58. The maximum atomic E-state index is 10.9. The van der Waals surface area contributed by atoms with Crippen molar-refractivity contribution in [1.82, 2.24) is 4.57 Å². The molecule has 2 rings (SSSR count). The van der Waals surface area contributed by atoms with Crippen LogP contribution < -0.4 is 5.11 Å². The Balaban J connectivity index is 2.60. The maximum Gasteiger partial charge on any atom is 0.0733 e. The molecule has 0 saturated carbocycles. The first-order chi connectivity index (χ1) is 7.61. The molecule has 0 aliphatic heterocycles. The third-order valence-corrected chi connectivity index (χ3v) is 2.82. The lowest BCUT2D eigenvalue weighted by atomic mass is 10.1.